The first-order chi connectivity index (χ1) is 13.8. The molecule has 152 valence electrons. The van der Waals surface area contributed by atoms with E-state index >= 15 is 0 Å². The van der Waals surface area contributed by atoms with Crippen LogP contribution in [-0.2, 0) is 9.47 Å². The summed E-state index contributed by atoms with van der Waals surface area (Å²) in [5.41, 5.74) is 7.58. The highest BCUT2D eigenvalue weighted by atomic mass is 16.5. The molecule has 1 aliphatic rings. The van der Waals surface area contributed by atoms with Gasteiger partial charge in [0.2, 0.25) is 11.9 Å². The molecule has 28 heavy (non-hydrogen) atoms. The van der Waals surface area contributed by atoms with E-state index in [1.54, 1.807) is 0 Å². The van der Waals surface area contributed by atoms with E-state index in [4.69, 9.17) is 20.2 Å². The fraction of sp³-hybridized carbons (Fsp3) is 0.550. The van der Waals surface area contributed by atoms with Crippen molar-refractivity contribution in [3.8, 4) is 11.4 Å². The van der Waals surface area contributed by atoms with Gasteiger partial charge in [0.1, 0.15) is 0 Å². The van der Waals surface area contributed by atoms with E-state index in [9.17, 15) is 0 Å². The third kappa shape index (κ3) is 6.12. The molecule has 0 spiro atoms. The highest BCUT2D eigenvalue weighted by molar-refractivity contribution is 5.58. The largest absolute Gasteiger partial charge is 0.378 e. The van der Waals surface area contributed by atoms with Crippen molar-refractivity contribution in [2.45, 2.75) is 19.8 Å². The van der Waals surface area contributed by atoms with Crippen molar-refractivity contribution in [2.24, 2.45) is 5.73 Å². The maximum atomic E-state index is 5.55. The Bertz CT molecular complexity index is 719. The van der Waals surface area contributed by atoms with Gasteiger partial charge in [-0.1, -0.05) is 29.8 Å². The molecule has 1 aliphatic heterocycles. The summed E-state index contributed by atoms with van der Waals surface area (Å²) in [5, 5.41) is 3.26. The summed E-state index contributed by atoms with van der Waals surface area (Å²) in [6.07, 6.45) is 2.35. The Kier molecular flexibility index (Phi) is 7.95. The zero-order valence-corrected chi connectivity index (χ0v) is 16.6. The van der Waals surface area contributed by atoms with Crippen LogP contribution in [0.25, 0.3) is 11.4 Å². The summed E-state index contributed by atoms with van der Waals surface area (Å²) in [7, 11) is 0. The smallest absolute Gasteiger partial charge is 0.230 e. The van der Waals surface area contributed by atoms with Crippen molar-refractivity contribution in [3.63, 3.8) is 0 Å². The summed E-state index contributed by atoms with van der Waals surface area (Å²) in [4.78, 5) is 16.1. The fourth-order valence-corrected chi connectivity index (χ4v) is 2.97. The molecule has 8 nitrogen and oxygen atoms in total. The molecule has 1 aromatic heterocycles. The lowest BCUT2D eigenvalue weighted by molar-refractivity contribution is 0.0547. The lowest BCUT2D eigenvalue weighted by atomic mass is 10.1. The second-order valence-corrected chi connectivity index (χ2v) is 6.78. The van der Waals surface area contributed by atoms with Crippen LogP contribution >= 0.6 is 0 Å². The van der Waals surface area contributed by atoms with Gasteiger partial charge in [-0.2, -0.15) is 15.0 Å². The van der Waals surface area contributed by atoms with E-state index in [1.165, 1.54) is 18.4 Å². The standard InChI is InChI=1S/C20H30N6O2/c1-16-4-6-17(7-5-16)18-23-19(22-9-13-28-15-14-27-12-8-21)25-20(24-18)26-10-2-3-11-26/h4-7H,2-3,8-15,21H2,1H3,(H,22,23,24,25). The second kappa shape index (κ2) is 10.9. The van der Waals surface area contributed by atoms with Crippen molar-refractivity contribution in [1.29, 1.82) is 0 Å². The molecule has 8 heteroatoms. The molecule has 2 heterocycles. The number of nitrogens with two attached hydrogens (primary N) is 1. The molecular formula is C20H30N6O2. The Morgan fingerprint density at radius 1 is 0.964 bits per heavy atom. The Morgan fingerprint density at radius 3 is 2.39 bits per heavy atom. The van der Waals surface area contributed by atoms with Crippen LogP contribution in [-0.4, -0.2) is 67.6 Å². The van der Waals surface area contributed by atoms with E-state index in [0.717, 1.165) is 24.6 Å². The van der Waals surface area contributed by atoms with Gasteiger partial charge in [0.15, 0.2) is 5.82 Å². The van der Waals surface area contributed by atoms with E-state index in [2.05, 4.69) is 39.2 Å². The third-order valence-electron chi connectivity index (χ3n) is 4.49. The zero-order valence-electron chi connectivity index (χ0n) is 16.6. The van der Waals surface area contributed by atoms with Crippen LogP contribution in [0.3, 0.4) is 0 Å². The number of aromatic nitrogens is 3. The molecule has 0 unspecified atom stereocenters. The maximum absolute atomic E-state index is 5.55. The summed E-state index contributed by atoms with van der Waals surface area (Å²) in [6, 6.07) is 8.24. The topological polar surface area (TPSA) is 98.4 Å². The third-order valence-corrected chi connectivity index (χ3v) is 4.49. The minimum absolute atomic E-state index is 0.531. The SMILES string of the molecule is Cc1ccc(-c2nc(NCCOCCOCCN)nc(N3CCCC3)n2)cc1. The van der Waals surface area contributed by atoms with Gasteiger partial charge >= 0.3 is 0 Å². The molecule has 0 aliphatic carbocycles. The molecule has 0 bridgehead atoms. The first kappa shape index (κ1) is 20.4. The van der Waals surface area contributed by atoms with Crippen LogP contribution in [0.1, 0.15) is 18.4 Å². The molecule has 0 amide bonds. The van der Waals surface area contributed by atoms with Crippen LogP contribution in [0, 0.1) is 6.92 Å². The highest BCUT2D eigenvalue weighted by Crippen LogP contribution is 2.22. The van der Waals surface area contributed by atoms with Gasteiger partial charge in [-0.3, -0.25) is 0 Å². The average Bonchev–Trinajstić information content (AvgIpc) is 3.25. The van der Waals surface area contributed by atoms with Crippen molar-refractivity contribution >= 4 is 11.9 Å². The van der Waals surface area contributed by atoms with Crippen molar-refractivity contribution in [1.82, 2.24) is 15.0 Å². The van der Waals surface area contributed by atoms with Crippen molar-refractivity contribution in [3.05, 3.63) is 29.8 Å². The Morgan fingerprint density at radius 2 is 1.68 bits per heavy atom. The maximum Gasteiger partial charge on any atom is 0.230 e. The van der Waals surface area contributed by atoms with Crippen molar-refractivity contribution in [2.75, 3.05) is 62.8 Å². The minimum atomic E-state index is 0.531. The Hall–Kier alpha value is -2.29. The van der Waals surface area contributed by atoms with E-state index in [-0.39, 0.29) is 0 Å². The number of nitrogens with zero attached hydrogens (tertiary/aromatic N) is 4. The molecule has 0 atom stereocenters. The van der Waals surface area contributed by atoms with Crippen LogP contribution < -0.4 is 16.0 Å². The molecular weight excluding hydrogens is 356 g/mol. The first-order valence-corrected chi connectivity index (χ1v) is 9.94. The molecule has 3 N–H and O–H groups in total. The number of hydrogen-bond acceptors (Lipinski definition) is 8. The second-order valence-electron chi connectivity index (χ2n) is 6.78. The normalized spacial score (nSPS) is 13.9. The number of rotatable bonds is 11. The monoisotopic (exact) mass is 386 g/mol. The number of hydrogen-bond donors (Lipinski definition) is 2. The van der Waals surface area contributed by atoms with Gasteiger partial charge in [-0.15, -0.1) is 0 Å². The number of nitrogens with one attached hydrogen (secondary N) is 1. The summed E-state index contributed by atoms with van der Waals surface area (Å²) in [6.45, 7) is 7.42. The lowest BCUT2D eigenvalue weighted by Gasteiger charge is -2.17. The van der Waals surface area contributed by atoms with Crippen LogP contribution in [0.5, 0.6) is 0 Å². The van der Waals surface area contributed by atoms with E-state index in [0.29, 0.717) is 51.3 Å². The molecule has 2 aromatic rings. The van der Waals surface area contributed by atoms with Crippen molar-refractivity contribution < 1.29 is 9.47 Å². The van der Waals surface area contributed by atoms with Gasteiger partial charge in [0.25, 0.3) is 0 Å². The number of anilines is 2. The highest BCUT2D eigenvalue weighted by Gasteiger charge is 2.18. The molecule has 0 saturated carbocycles. The van der Waals surface area contributed by atoms with Crippen LogP contribution in [0.4, 0.5) is 11.9 Å². The number of benzene rings is 1. The Balaban J connectivity index is 1.61. The predicted molar refractivity (Wildman–Crippen MR) is 111 cm³/mol. The molecule has 1 saturated heterocycles. The molecule has 1 aromatic carbocycles. The molecule has 1 fully saturated rings. The van der Waals surface area contributed by atoms with Crippen LogP contribution in [0.2, 0.25) is 0 Å². The van der Waals surface area contributed by atoms with Gasteiger partial charge in [-0.25, -0.2) is 0 Å². The summed E-state index contributed by atoms with van der Waals surface area (Å²) >= 11 is 0. The van der Waals surface area contributed by atoms with E-state index < -0.39 is 0 Å². The summed E-state index contributed by atoms with van der Waals surface area (Å²) < 4.78 is 10.8. The van der Waals surface area contributed by atoms with E-state index in [1.807, 2.05) is 12.1 Å². The van der Waals surface area contributed by atoms with Crippen LogP contribution in [0.15, 0.2) is 24.3 Å². The summed E-state index contributed by atoms with van der Waals surface area (Å²) in [5.74, 6) is 2.01. The zero-order chi connectivity index (χ0) is 19.6. The fourth-order valence-electron chi connectivity index (χ4n) is 2.97. The molecule has 3 rings (SSSR count). The van der Waals surface area contributed by atoms with Gasteiger partial charge < -0.3 is 25.4 Å². The Labute approximate surface area is 166 Å². The van der Waals surface area contributed by atoms with Gasteiger partial charge in [-0.05, 0) is 19.8 Å². The number of aryl methyl sites for hydroxylation is 1. The lowest BCUT2D eigenvalue weighted by Crippen LogP contribution is -2.22. The minimum Gasteiger partial charge on any atom is -0.378 e. The quantitative estimate of drug-likeness (QED) is 0.565. The molecule has 0 radical (unpaired) electrons. The predicted octanol–water partition coefficient (Wildman–Crippen LogP) is 1.85. The number of ether oxygens (including phenoxy) is 2. The first-order valence-electron chi connectivity index (χ1n) is 9.94. The average molecular weight is 387 g/mol. The van der Waals surface area contributed by atoms with Gasteiger partial charge in [0, 0.05) is 31.7 Å². The van der Waals surface area contributed by atoms with Gasteiger partial charge in [0.05, 0.1) is 26.4 Å².